The van der Waals surface area contributed by atoms with Crippen LogP contribution in [0.25, 0.3) is 0 Å². The SMILES string of the molecule is CCON=Cc1ccc(C(F)(F)F)cc1. The quantitative estimate of drug-likeness (QED) is 0.563. The Bertz CT molecular complexity index is 330. The van der Waals surface area contributed by atoms with Crippen LogP contribution in [0, 0.1) is 0 Å². The summed E-state index contributed by atoms with van der Waals surface area (Å²) in [4.78, 5) is 4.68. The van der Waals surface area contributed by atoms with Gasteiger partial charge in [0.05, 0.1) is 11.8 Å². The molecule has 0 heterocycles. The number of benzene rings is 1. The molecule has 82 valence electrons. The van der Waals surface area contributed by atoms with Gasteiger partial charge in [0.2, 0.25) is 0 Å². The highest BCUT2D eigenvalue weighted by Gasteiger charge is 2.29. The Hall–Kier alpha value is -1.52. The molecule has 0 aliphatic rings. The summed E-state index contributed by atoms with van der Waals surface area (Å²) < 4.78 is 36.5. The van der Waals surface area contributed by atoms with Crippen molar-refractivity contribution >= 4 is 6.21 Å². The van der Waals surface area contributed by atoms with Crippen molar-refractivity contribution in [2.24, 2.45) is 5.16 Å². The van der Waals surface area contributed by atoms with Crippen LogP contribution in [0.1, 0.15) is 18.1 Å². The van der Waals surface area contributed by atoms with E-state index in [1.165, 1.54) is 18.3 Å². The number of rotatable bonds is 3. The molecule has 0 aliphatic carbocycles. The first-order valence-electron chi connectivity index (χ1n) is 4.36. The summed E-state index contributed by atoms with van der Waals surface area (Å²) >= 11 is 0. The van der Waals surface area contributed by atoms with E-state index in [2.05, 4.69) is 9.99 Å². The number of halogens is 3. The summed E-state index contributed by atoms with van der Waals surface area (Å²) in [7, 11) is 0. The van der Waals surface area contributed by atoms with Crippen LogP contribution in [-0.4, -0.2) is 12.8 Å². The number of oxime groups is 1. The van der Waals surface area contributed by atoms with Gasteiger partial charge in [0.1, 0.15) is 6.61 Å². The van der Waals surface area contributed by atoms with Crippen LogP contribution in [0.15, 0.2) is 29.4 Å². The molecule has 0 saturated carbocycles. The molecule has 2 nitrogen and oxygen atoms in total. The standard InChI is InChI=1S/C10H10F3NO/c1-2-15-14-7-8-3-5-9(6-4-8)10(11,12)13/h3-7H,2H2,1H3. The van der Waals surface area contributed by atoms with Crippen LogP contribution in [0.5, 0.6) is 0 Å². The molecular formula is C10H10F3NO. The lowest BCUT2D eigenvalue weighted by atomic mass is 10.1. The van der Waals surface area contributed by atoms with Gasteiger partial charge in [-0.2, -0.15) is 13.2 Å². The topological polar surface area (TPSA) is 21.6 Å². The minimum atomic E-state index is -4.30. The Balaban J connectivity index is 2.73. The van der Waals surface area contributed by atoms with E-state index in [0.717, 1.165) is 12.1 Å². The van der Waals surface area contributed by atoms with Crippen LogP contribution in [0.4, 0.5) is 13.2 Å². The molecule has 0 radical (unpaired) electrons. The minimum Gasteiger partial charge on any atom is -0.396 e. The highest BCUT2D eigenvalue weighted by Crippen LogP contribution is 2.28. The number of nitrogens with zero attached hydrogens (tertiary/aromatic N) is 1. The van der Waals surface area contributed by atoms with Crippen LogP contribution < -0.4 is 0 Å². The molecule has 0 fully saturated rings. The highest BCUT2D eigenvalue weighted by molar-refractivity contribution is 5.79. The molecular weight excluding hydrogens is 207 g/mol. The summed E-state index contributed by atoms with van der Waals surface area (Å²) in [5.41, 5.74) is -0.104. The van der Waals surface area contributed by atoms with Gasteiger partial charge in [-0.15, -0.1) is 0 Å². The van der Waals surface area contributed by atoms with Crippen molar-refractivity contribution < 1.29 is 18.0 Å². The van der Waals surface area contributed by atoms with Gasteiger partial charge in [-0.1, -0.05) is 17.3 Å². The molecule has 0 saturated heterocycles. The molecule has 1 rings (SSSR count). The van der Waals surface area contributed by atoms with Crippen molar-refractivity contribution in [2.75, 3.05) is 6.61 Å². The first-order valence-corrected chi connectivity index (χ1v) is 4.36. The van der Waals surface area contributed by atoms with Gasteiger partial charge < -0.3 is 4.84 Å². The average Bonchev–Trinajstić information content (AvgIpc) is 2.18. The predicted molar refractivity (Wildman–Crippen MR) is 50.7 cm³/mol. The molecule has 0 unspecified atom stereocenters. The number of hydrogen-bond donors (Lipinski definition) is 0. The van der Waals surface area contributed by atoms with Gasteiger partial charge >= 0.3 is 6.18 Å². The molecule has 0 bridgehead atoms. The van der Waals surface area contributed by atoms with E-state index >= 15 is 0 Å². The van der Waals surface area contributed by atoms with E-state index in [4.69, 9.17) is 0 Å². The summed E-state index contributed by atoms with van der Waals surface area (Å²) in [6.07, 6.45) is -2.93. The highest BCUT2D eigenvalue weighted by atomic mass is 19.4. The van der Waals surface area contributed by atoms with Crippen molar-refractivity contribution in [1.82, 2.24) is 0 Å². The first kappa shape index (κ1) is 11.6. The van der Waals surface area contributed by atoms with E-state index in [-0.39, 0.29) is 0 Å². The fraction of sp³-hybridized carbons (Fsp3) is 0.300. The van der Waals surface area contributed by atoms with Crippen LogP contribution >= 0.6 is 0 Å². The van der Waals surface area contributed by atoms with Crippen LogP contribution in [-0.2, 0) is 11.0 Å². The molecule has 0 aliphatic heterocycles. The lowest BCUT2D eigenvalue weighted by molar-refractivity contribution is -0.137. The van der Waals surface area contributed by atoms with Crippen molar-refractivity contribution in [3.05, 3.63) is 35.4 Å². The Morgan fingerprint density at radius 3 is 2.33 bits per heavy atom. The van der Waals surface area contributed by atoms with Crippen LogP contribution in [0.2, 0.25) is 0 Å². The normalized spacial score (nSPS) is 12.0. The van der Waals surface area contributed by atoms with E-state index in [1.54, 1.807) is 6.92 Å². The van der Waals surface area contributed by atoms with Crippen LogP contribution in [0.3, 0.4) is 0 Å². The fourth-order valence-corrected chi connectivity index (χ4v) is 0.931. The van der Waals surface area contributed by atoms with Crippen molar-refractivity contribution in [2.45, 2.75) is 13.1 Å². The third-order valence-electron chi connectivity index (χ3n) is 1.64. The molecule has 1 aromatic rings. The summed E-state index contributed by atoms with van der Waals surface area (Å²) in [6, 6.07) is 4.69. The lowest BCUT2D eigenvalue weighted by Crippen LogP contribution is -2.04. The van der Waals surface area contributed by atoms with E-state index in [1.807, 2.05) is 0 Å². The lowest BCUT2D eigenvalue weighted by Gasteiger charge is -2.05. The fourth-order valence-electron chi connectivity index (χ4n) is 0.931. The molecule has 15 heavy (non-hydrogen) atoms. The van der Waals surface area contributed by atoms with E-state index in [0.29, 0.717) is 12.2 Å². The zero-order chi connectivity index (χ0) is 11.3. The predicted octanol–water partition coefficient (Wildman–Crippen LogP) is 3.08. The maximum Gasteiger partial charge on any atom is 0.416 e. The summed E-state index contributed by atoms with van der Waals surface area (Å²) in [5, 5.41) is 3.55. The maximum atomic E-state index is 12.2. The van der Waals surface area contributed by atoms with Gasteiger partial charge in [0.25, 0.3) is 0 Å². The third-order valence-corrected chi connectivity index (χ3v) is 1.64. The number of hydrogen-bond acceptors (Lipinski definition) is 2. The van der Waals surface area contributed by atoms with Gasteiger partial charge in [-0.05, 0) is 24.6 Å². The Labute approximate surface area is 85.4 Å². The molecule has 0 atom stereocenters. The second kappa shape index (κ2) is 4.82. The van der Waals surface area contributed by atoms with Gasteiger partial charge in [-0.3, -0.25) is 0 Å². The van der Waals surface area contributed by atoms with E-state index < -0.39 is 11.7 Å². The molecule has 0 amide bonds. The van der Waals surface area contributed by atoms with Crippen molar-refractivity contribution in [1.29, 1.82) is 0 Å². The van der Waals surface area contributed by atoms with Gasteiger partial charge in [-0.25, -0.2) is 0 Å². The molecule has 0 spiro atoms. The third kappa shape index (κ3) is 3.61. The van der Waals surface area contributed by atoms with Gasteiger partial charge in [0.15, 0.2) is 0 Å². The van der Waals surface area contributed by atoms with E-state index in [9.17, 15) is 13.2 Å². The number of alkyl halides is 3. The average molecular weight is 217 g/mol. The first-order chi connectivity index (χ1) is 7.04. The Kier molecular flexibility index (Phi) is 3.71. The maximum absolute atomic E-state index is 12.2. The Morgan fingerprint density at radius 1 is 1.27 bits per heavy atom. The Morgan fingerprint density at radius 2 is 1.87 bits per heavy atom. The molecule has 1 aromatic carbocycles. The molecule has 0 aromatic heterocycles. The van der Waals surface area contributed by atoms with Crippen molar-refractivity contribution in [3.63, 3.8) is 0 Å². The minimum absolute atomic E-state index is 0.428. The monoisotopic (exact) mass is 217 g/mol. The smallest absolute Gasteiger partial charge is 0.396 e. The zero-order valence-corrected chi connectivity index (χ0v) is 8.08. The second-order valence-electron chi connectivity index (χ2n) is 2.77. The van der Waals surface area contributed by atoms with Gasteiger partial charge in [0, 0.05) is 0 Å². The second-order valence-corrected chi connectivity index (χ2v) is 2.77. The molecule has 0 N–H and O–H groups in total. The summed E-state index contributed by atoms with van der Waals surface area (Å²) in [5.74, 6) is 0. The molecule has 5 heteroatoms. The largest absolute Gasteiger partial charge is 0.416 e. The van der Waals surface area contributed by atoms with Crippen molar-refractivity contribution in [3.8, 4) is 0 Å². The summed E-state index contributed by atoms with van der Waals surface area (Å²) in [6.45, 7) is 2.20. The zero-order valence-electron chi connectivity index (χ0n) is 8.08.